The molecule has 1 aromatic heterocycles. The minimum absolute atomic E-state index is 0.145. The van der Waals surface area contributed by atoms with Crippen LogP contribution in [0.2, 0.25) is 0 Å². The quantitative estimate of drug-likeness (QED) is 0.416. The highest BCUT2D eigenvalue weighted by Gasteiger charge is 2.15. The first-order valence-electron chi connectivity index (χ1n) is 10.4. The molecule has 0 aliphatic heterocycles. The Kier molecular flexibility index (Phi) is 6.62. The Morgan fingerprint density at radius 2 is 1.82 bits per heavy atom. The van der Waals surface area contributed by atoms with Crippen molar-refractivity contribution in [2.24, 2.45) is 4.99 Å². The monoisotopic (exact) mass is 481 g/mol. The first-order chi connectivity index (χ1) is 15.9. The number of aryl methyl sites for hydroxylation is 1. The smallest absolute Gasteiger partial charge is 0.279 e. The van der Waals surface area contributed by atoms with Gasteiger partial charge < -0.3 is 9.30 Å². The molecule has 0 aliphatic carbocycles. The molecule has 4 aromatic rings. The maximum absolute atomic E-state index is 12.9. The number of hydrogen-bond donors (Lipinski definition) is 1. The number of ether oxygens (including phenoxy) is 1. The van der Waals surface area contributed by atoms with Crippen LogP contribution in [0.3, 0.4) is 0 Å². The largest absolute Gasteiger partial charge is 0.494 e. The molecule has 4 rings (SSSR count). The van der Waals surface area contributed by atoms with Crippen molar-refractivity contribution in [1.29, 1.82) is 0 Å². The molecule has 0 spiro atoms. The number of hydrogen-bond acceptors (Lipinski definition) is 5. The Labute approximate surface area is 196 Å². The lowest BCUT2D eigenvalue weighted by molar-refractivity contribution is 0.0998. The molecule has 1 amide bonds. The molecule has 0 aliphatic rings. The summed E-state index contributed by atoms with van der Waals surface area (Å²) in [6.07, 6.45) is 0. The van der Waals surface area contributed by atoms with Gasteiger partial charge in [-0.2, -0.15) is 4.99 Å². The number of thiazole rings is 1. The molecular weight excluding hydrogens is 458 g/mol. The van der Waals surface area contributed by atoms with E-state index >= 15 is 0 Å². The van der Waals surface area contributed by atoms with Crippen LogP contribution in [0, 0.1) is 0 Å². The van der Waals surface area contributed by atoms with Gasteiger partial charge in [-0.25, -0.2) is 8.42 Å². The Balaban J connectivity index is 1.66. The van der Waals surface area contributed by atoms with E-state index in [0.29, 0.717) is 29.2 Å². The van der Waals surface area contributed by atoms with Crippen molar-refractivity contribution in [3.63, 3.8) is 0 Å². The van der Waals surface area contributed by atoms with E-state index in [4.69, 9.17) is 4.74 Å². The van der Waals surface area contributed by atoms with Crippen molar-refractivity contribution in [2.45, 2.75) is 25.3 Å². The number of benzene rings is 3. The average Bonchev–Trinajstić information content (AvgIpc) is 3.16. The minimum atomic E-state index is -3.76. The maximum atomic E-state index is 12.9. The van der Waals surface area contributed by atoms with Crippen LogP contribution in [0.5, 0.6) is 5.75 Å². The summed E-state index contributed by atoms with van der Waals surface area (Å²) in [7, 11) is -3.76. The standard InChI is InChI=1S/C24H23N3O4S2/c1-3-27-21-14-13-19(31-4-2)16-22(21)32-24(27)25-23(28)17-9-8-10-18(15-17)26-33(29,30)20-11-6-5-7-12-20/h5-16,26H,3-4H2,1-2H3. The van der Waals surface area contributed by atoms with E-state index in [-0.39, 0.29) is 4.90 Å². The van der Waals surface area contributed by atoms with Gasteiger partial charge in [-0.05, 0) is 62.4 Å². The summed E-state index contributed by atoms with van der Waals surface area (Å²) in [5.74, 6) is 0.320. The van der Waals surface area contributed by atoms with E-state index in [1.807, 2.05) is 36.6 Å². The summed E-state index contributed by atoms with van der Waals surface area (Å²) in [4.78, 5) is 18.0. The van der Waals surface area contributed by atoms with Crippen LogP contribution in [0.4, 0.5) is 5.69 Å². The summed E-state index contributed by atoms with van der Waals surface area (Å²) in [5.41, 5.74) is 1.56. The van der Waals surface area contributed by atoms with Gasteiger partial charge >= 0.3 is 0 Å². The summed E-state index contributed by atoms with van der Waals surface area (Å²) >= 11 is 1.41. The first kappa shape index (κ1) is 22.8. The number of anilines is 1. The van der Waals surface area contributed by atoms with Crippen LogP contribution in [0.25, 0.3) is 10.2 Å². The second kappa shape index (κ2) is 9.60. The maximum Gasteiger partial charge on any atom is 0.279 e. The molecule has 0 saturated heterocycles. The molecule has 7 nitrogen and oxygen atoms in total. The molecule has 33 heavy (non-hydrogen) atoms. The molecule has 0 unspecified atom stereocenters. The van der Waals surface area contributed by atoms with Crippen LogP contribution in [-0.2, 0) is 16.6 Å². The number of rotatable bonds is 7. The fourth-order valence-electron chi connectivity index (χ4n) is 3.38. The van der Waals surface area contributed by atoms with Gasteiger partial charge in [-0.1, -0.05) is 35.6 Å². The number of sulfonamides is 1. The van der Waals surface area contributed by atoms with Crippen LogP contribution >= 0.6 is 11.3 Å². The van der Waals surface area contributed by atoms with Gasteiger partial charge in [0.25, 0.3) is 15.9 Å². The third-order valence-electron chi connectivity index (χ3n) is 4.89. The van der Waals surface area contributed by atoms with Gasteiger partial charge in [-0.15, -0.1) is 0 Å². The predicted molar refractivity (Wildman–Crippen MR) is 130 cm³/mol. The van der Waals surface area contributed by atoms with Crippen molar-refractivity contribution in [3.05, 3.63) is 83.2 Å². The molecule has 0 atom stereocenters. The molecule has 0 radical (unpaired) electrons. The van der Waals surface area contributed by atoms with Crippen molar-refractivity contribution in [1.82, 2.24) is 4.57 Å². The Bertz CT molecular complexity index is 1470. The van der Waals surface area contributed by atoms with Crippen molar-refractivity contribution < 1.29 is 17.9 Å². The lowest BCUT2D eigenvalue weighted by Gasteiger charge is -2.08. The highest BCUT2D eigenvalue weighted by Crippen LogP contribution is 2.24. The number of nitrogens with one attached hydrogen (secondary N) is 1. The number of amides is 1. The summed E-state index contributed by atoms with van der Waals surface area (Å²) in [6, 6.07) is 20.2. The zero-order chi connectivity index (χ0) is 23.4. The fraction of sp³-hybridized carbons (Fsp3) is 0.167. The molecule has 170 valence electrons. The third kappa shape index (κ3) is 4.99. The number of carbonyl (C=O) groups excluding carboxylic acids is 1. The molecule has 0 bridgehead atoms. The Hall–Kier alpha value is -3.43. The van der Waals surface area contributed by atoms with Gasteiger partial charge in [-0.3, -0.25) is 9.52 Å². The highest BCUT2D eigenvalue weighted by molar-refractivity contribution is 7.92. The Morgan fingerprint density at radius 3 is 2.55 bits per heavy atom. The lowest BCUT2D eigenvalue weighted by Crippen LogP contribution is -2.16. The SMILES string of the molecule is CCOc1ccc2c(c1)sc(=NC(=O)c1cccc(NS(=O)(=O)c3ccccc3)c1)n2CC. The van der Waals surface area contributed by atoms with E-state index in [1.54, 1.807) is 36.4 Å². The Morgan fingerprint density at radius 1 is 1.03 bits per heavy atom. The van der Waals surface area contributed by atoms with Crippen molar-refractivity contribution in [2.75, 3.05) is 11.3 Å². The van der Waals surface area contributed by atoms with Crippen molar-refractivity contribution >= 4 is 43.2 Å². The van der Waals surface area contributed by atoms with E-state index < -0.39 is 15.9 Å². The van der Waals surface area contributed by atoms with Crippen LogP contribution in [0.1, 0.15) is 24.2 Å². The van der Waals surface area contributed by atoms with Crippen molar-refractivity contribution in [3.8, 4) is 5.75 Å². The normalized spacial score (nSPS) is 12.1. The third-order valence-corrected chi connectivity index (χ3v) is 7.33. The summed E-state index contributed by atoms with van der Waals surface area (Å²) < 4.78 is 36.2. The number of aromatic nitrogens is 1. The number of nitrogens with zero attached hydrogens (tertiary/aromatic N) is 2. The van der Waals surface area contributed by atoms with E-state index in [0.717, 1.165) is 16.0 Å². The topological polar surface area (TPSA) is 89.8 Å². The van der Waals surface area contributed by atoms with E-state index in [2.05, 4.69) is 9.71 Å². The summed E-state index contributed by atoms with van der Waals surface area (Å²) in [6.45, 7) is 5.14. The first-order valence-corrected chi connectivity index (χ1v) is 12.7. The molecule has 0 fully saturated rings. The van der Waals surface area contributed by atoms with E-state index in [9.17, 15) is 13.2 Å². The highest BCUT2D eigenvalue weighted by atomic mass is 32.2. The molecule has 1 N–H and O–H groups in total. The average molecular weight is 482 g/mol. The minimum Gasteiger partial charge on any atom is -0.494 e. The second-order valence-electron chi connectivity index (χ2n) is 7.11. The second-order valence-corrected chi connectivity index (χ2v) is 9.80. The fourth-order valence-corrected chi connectivity index (χ4v) is 5.57. The molecule has 9 heteroatoms. The zero-order valence-corrected chi connectivity index (χ0v) is 19.8. The lowest BCUT2D eigenvalue weighted by atomic mass is 10.2. The summed E-state index contributed by atoms with van der Waals surface area (Å²) in [5, 5.41) is 0. The molecular formula is C24H23N3O4S2. The zero-order valence-electron chi connectivity index (χ0n) is 18.2. The number of fused-ring (bicyclic) bond motifs is 1. The molecule has 1 heterocycles. The molecule has 3 aromatic carbocycles. The number of carbonyl (C=O) groups is 1. The van der Waals surface area contributed by atoms with Gasteiger partial charge in [0.2, 0.25) is 0 Å². The molecule has 0 saturated carbocycles. The van der Waals surface area contributed by atoms with Gasteiger partial charge in [0, 0.05) is 17.8 Å². The predicted octanol–water partition coefficient (Wildman–Crippen LogP) is 4.66. The van der Waals surface area contributed by atoms with Gasteiger partial charge in [0.05, 0.1) is 21.7 Å². The van der Waals surface area contributed by atoms with Crippen LogP contribution in [0.15, 0.2) is 82.7 Å². The van der Waals surface area contributed by atoms with Gasteiger partial charge in [0.15, 0.2) is 4.80 Å². The van der Waals surface area contributed by atoms with Crippen LogP contribution < -0.4 is 14.3 Å². The van der Waals surface area contributed by atoms with Gasteiger partial charge in [0.1, 0.15) is 5.75 Å². The van der Waals surface area contributed by atoms with E-state index in [1.165, 1.54) is 29.5 Å². The van der Waals surface area contributed by atoms with Crippen LogP contribution in [-0.4, -0.2) is 25.5 Å².